The average Bonchev–Trinajstić information content (AvgIpc) is 2.86. The lowest BCUT2D eigenvalue weighted by molar-refractivity contribution is 0.955. The van der Waals surface area contributed by atoms with Gasteiger partial charge in [-0.05, 0) is 47.7 Å². The largest absolute Gasteiger partial charge is 0.381 e. The summed E-state index contributed by atoms with van der Waals surface area (Å²) in [7, 11) is 2.17. The molecule has 1 heterocycles. The van der Waals surface area contributed by atoms with Crippen molar-refractivity contribution >= 4 is 11.4 Å². The van der Waals surface area contributed by atoms with Gasteiger partial charge in [0.05, 0.1) is 0 Å². The van der Waals surface area contributed by atoms with Crippen LogP contribution in [0, 0.1) is 0 Å². The minimum absolute atomic E-state index is 0.893. The van der Waals surface area contributed by atoms with Gasteiger partial charge < -0.3 is 10.2 Å². The van der Waals surface area contributed by atoms with Crippen molar-refractivity contribution in [1.82, 2.24) is 0 Å². The first kappa shape index (κ1) is 13.0. The molecule has 2 nitrogen and oxygen atoms in total. The van der Waals surface area contributed by atoms with Crippen molar-refractivity contribution in [3.05, 3.63) is 59.2 Å². The fraction of sp³-hybridized carbons (Fsp3) is 0.333. The van der Waals surface area contributed by atoms with Gasteiger partial charge in [-0.2, -0.15) is 0 Å². The average molecular weight is 266 g/mol. The first-order valence-electron chi connectivity index (χ1n) is 7.42. The maximum absolute atomic E-state index is 3.52. The van der Waals surface area contributed by atoms with Crippen molar-refractivity contribution in [1.29, 1.82) is 0 Å². The number of aryl methyl sites for hydroxylation is 1. The molecule has 1 aliphatic rings. The predicted octanol–water partition coefficient (Wildman–Crippen LogP) is 3.85. The van der Waals surface area contributed by atoms with Gasteiger partial charge in [0.25, 0.3) is 0 Å². The van der Waals surface area contributed by atoms with Crippen LogP contribution >= 0.6 is 0 Å². The summed E-state index contributed by atoms with van der Waals surface area (Å²) in [6, 6.07) is 15.5. The van der Waals surface area contributed by atoms with Crippen LogP contribution in [-0.2, 0) is 19.4 Å². The van der Waals surface area contributed by atoms with Crippen molar-refractivity contribution in [3.8, 4) is 0 Å². The second-order valence-corrected chi connectivity index (χ2v) is 5.54. The number of anilines is 2. The van der Waals surface area contributed by atoms with E-state index >= 15 is 0 Å². The van der Waals surface area contributed by atoms with Gasteiger partial charge in [0.15, 0.2) is 0 Å². The third-order valence-electron chi connectivity index (χ3n) is 4.10. The van der Waals surface area contributed by atoms with E-state index in [0.29, 0.717) is 0 Å². The summed E-state index contributed by atoms with van der Waals surface area (Å²) in [6.45, 7) is 4.23. The van der Waals surface area contributed by atoms with E-state index in [0.717, 1.165) is 19.5 Å². The molecule has 0 aromatic heterocycles. The molecular formula is C18H22N2. The summed E-state index contributed by atoms with van der Waals surface area (Å²) in [5.74, 6) is 0. The van der Waals surface area contributed by atoms with Gasteiger partial charge in [0.2, 0.25) is 0 Å². The van der Waals surface area contributed by atoms with Crippen LogP contribution in [0.15, 0.2) is 42.5 Å². The van der Waals surface area contributed by atoms with E-state index in [1.807, 2.05) is 0 Å². The SMILES string of the molecule is CCc1cccc(NCc2ccc3c(c2)CCN3C)c1. The van der Waals surface area contributed by atoms with Crippen molar-refractivity contribution in [2.45, 2.75) is 26.3 Å². The molecule has 0 amide bonds. The van der Waals surface area contributed by atoms with Crippen LogP contribution in [0.4, 0.5) is 11.4 Å². The van der Waals surface area contributed by atoms with Crippen LogP contribution in [-0.4, -0.2) is 13.6 Å². The van der Waals surface area contributed by atoms with Gasteiger partial charge in [-0.25, -0.2) is 0 Å². The topological polar surface area (TPSA) is 15.3 Å². The van der Waals surface area contributed by atoms with Gasteiger partial charge >= 0.3 is 0 Å². The second kappa shape index (κ2) is 5.58. The zero-order chi connectivity index (χ0) is 13.9. The molecule has 0 aliphatic carbocycles. The van der Waals surface area contributed by atoms with Crippen LogP contribution < -0.4 is 10.2 Å². The molecule has 0 bridgehead atoms. The summed E-state index contributed by atoms with van der Waals surface area (Å²) >= 11 is 0. The monoisotopic (exact) mass is 266 g/mol. The Morgan fingerprint density at radius 2 is 2.00 bits per heavy atom. The fourth-order valence-corrected chi connectivity index (χ4v) is 2.84. The molecular weight excluding hydrogens is 244 g/mol. The van der Waals surface area contributed by atoms with Crippen LogP contribution in [0.3, 0.4) is 0 Å². The molecule has 1 aliphatic heterocycles. The minimum atomic E-state index is 0.893. The lowest BCUT2D eigenvalue weighted by atomic mass is 10.1. The Morgan fingerprint density at radius 3 is 2.85 bits per heavy atom. The van der Waals surface area contributed by atoms with E-state index in [1.54, 1.807) is 0 Å². The zero-order valence-corrected chi connectivity index (χ0v) is 12.3. The first-order valence-corrected chi connectivity index (χ1v) is 7.42. The molecule has 2 heteroatoms. The number of nitrogens with zero attached hydrogens (tertiary/aromatic N) is 1. The molecule has 2 aromatic carbocycles. The highest BCUT2D eigenvalue weighted by Gasteiger charge is 2.15. The van der Waals surface area contributed by atoms with Gasteiger partial charge in [0, 0.05) is 31.5 Å². The van der Waals surface area contributed by atoms with Crippen molar-refractivity contribution in [3.63, 3.8) is 0 Å². The fourth-order valence-electron chi connectivity index (χ4n) is 2.84. The first-order chi connectivity index (χ1) is 9.76. The summed E-state index contributed by atoms with van der Waals surface area (Å²) in [5, 5.41) is 3.52. The zero-order valence-electron chi connectivity index (χ0n) is 12.3. The number of nitrogens with one attached hydrogen (secondary N) is 1. The molecule has 0 unspecified atom stereocenters. The molecule has 104 valence electrons. The Bertz CT molecular complexity index is 604. The number of rotatable bonds is 4. The number of likely N-dealkylation sites (N-methyl/N-ethyl adjacent to an activating group) is 1. The number of fused-ring (bicyclic) bond motifs is 1. The Kier molecular flexibility index (Phi) is 3.64. The van der Waals surface area contributed by atoms with E-state index in [4.69, 9.17) is 0 Å². The van der Waals surface area contributed by atoms with Crippen LogP contribution in [0.25, 0.3) is 0 Å². The summed E-state index contributed by atoms with van der Waals surface area (Å²) in [5.41, 5.74) is 6.82. The smallest absolute Gasteiger partial charge is 0.0400 e. The summed E-state index contributed by atoms with van der Waals surface area (Å²) in [6.07, 6.45) is 2.26. The van der Waals surface area contributed by atoms with Gasteiger partial charge in [-0.1, -0.05) is 31.2 Å². The van der Waals surface area contributed by atoms with Crippen LogP contribution in [0.2, 0.25) is 0 Å². The third kappa shape index (κ3) is 2.64. The Labute approximate surface area is 121 Å². The summed E-state index contributed by atoms with van der Waals surface area (Å²) < 4.78 is 0. The lowest BCUT2D eigenvalue weighted by Crippen LogP contribution is -2.12. The maximum Gasteiger partial charge on any atom is 0.0400 e. The lowest BCUT2D eigenvalue weighted by Gasteiger charge is -2.13. The molecule has 0 fully saturated rings. The minimum Gasteiger partial charge on any atom is -0.381 e. The van der Waals surface area contributed by atoms with Crippen LogP contribution in [0.5, 0.6) is 0 Å². The van der Waals surface area contributed by atoms with E-state index in [-0.39, 0.29) is 0 Å². The second-order valence-electron chi connectivity index (χ2n) is 5.54. The standard InChI is InChI=1S/C18H22N2/c1-3-14-5-4-6-17(12-14)19-13-15-7-8-18-16(11-15)9-10-20(18)2/h4-8,11-12,19H,3,9-10,13H2,1-2H3. The quantitative estimate of drug-likeness (QED) is 0.904. The van der Waals surface area contributed by atoms with Gasteiger partial charge in [0.1, 0.15) is 0 Å². The molecule has 0 radical (unpaired) electrons. The predicted molar refractivity (Wildman–Crippen MR) is 86.6 cm³/mol. The molecule has 1 N–H and O–H groups in total. The summed E-state index contributed by atoms with van der Waals surface area (Å²) in [4.78, 5) is 2.33. The van der Waals surface area contributed by atoms with E-state index in [2.05, 4.69) is 66.7 Å². The number of hydrogen-bond acceptors (Lipinski definition) is 2. The van der Waals surface area contributed by atoms with Crippen molar-refractivity contribution in [2.24, 2.45) is 0 Å². The van der Waals surface area contributed by atoms with Crippen LogP contribution in [0.1, 0.15) is 23.6 Å². The Balaban J connectivity index is 1.69. The molecule has 20 heavy (non-hydrogen) atoms. The van der Waals surface area contributed by atoms with Crippen molar-refractivity contribution < 1.29 is 0 Å². The van der Waals surface area contributed by atoms with E-state index < -0.39 is 0 Å². The molecule has 0 atom stereocenters. The highest BCUT2D eigenvalue weighted by atomic mass is 15.1. The molecule has 0 saturated carbocycles. The molecule has 0 saturated heterocycles. The Morgan fingerprint density at radius 1 is 1.10 bits per heavy atom. The van der Waals surface area contributed by atoms with E-state index in [1.165, 1.54) is 34.5 Å². The Hall–Kier alpha value is -1.96. The van der Waals surface area contributed by atoms with Crippen molar-refractivity contribution in [2.75, 3.05) is 23.8 Å². The highest BCUT2D eigenvalue weighted by molar-refractivity contribution is 5.58. The maximum atomic E-state index is 3.52. The molecule has 0 spiro atoms. The van der Waals surface area contributed by atoms with Gasteiger partial charge in [-0.3, -0.25) is 0 Å². The third-order valence-corrected chi connectivity index (χ3v) is 4.10. The van der Waals surface area contributed by atoms with E-state index in [9.17, 15) is 0 Å². The molecule has 2 aromatic rings. The number of hydrogen-bond donors (Lipinski definition) is 1. The molecule has 3 rings (SSSR count). The normalized spacial score (nSPS) is 13.4. The van der Waals surface area contributed by atoms with Gasteiger partial charge in [-0.15, -0.1) is 0 Å². The highest BCUT2D eigenvalue weighted by Crippen LogP contribution is 2.27. The number of benzene rings is 2.